The smallest absolute Gasteiger partial charge is 0.158 e. The van der Waals surface area contributed by atoms with Crippen LogP contribution in [0, 0.1) is 0 Å². The SMILES string of the molecule is CCNC1CCCCCC1S(=O)(=O)Cc1ccccc1. The minimum atomic E-state index is -3.09. The molecule has 0 aromatic heterocycles. The Bertz CT molecular complexity index is 498. The van der Waals surface area contributed by atoms with E-state index in [-0.39, 0.29) is 17.0 Å². The Labute approximate surface area is 122 Å². The van der Waals surface area contributed by atoms with E-state index in [9.17, 15) is 8.42 Å². The molecule has 20 heavy (non-hydrogen) atoms. The van der Waals surface area contributed by atoms with E-state index in [2.05, 4.69) is 5.32 Å². The van der Waals surface area contributed by atoms with Crippen LogP contribution in [-0.2, 0) is 15.6 Å². The zero-order chi connectivity index (χ0) is 14.4. The molecular formula is C16H25NO2S. The first kappa shape index (κ1) is 15.5. The van der Waals surface area contributed by atoms with Gasteiger partial charge < -0.3 is 5.32 Å². The van der Waals surface area contributed by atoms with Gasteiger partial charge in [0.2, 0.25) is 0 Å². The van der Waals surface area contributed by atoms with Gasteiger partial charge >= 0.3 is 0 Å². The van der Waals surface area contributed by atoms with Gasteiger partial charge in [0, 0.05) is 6.04 Å². The van der Waals surface area contributed by atoms with Crippen LogP contribution in [0.3, 0.4) is 0 Å². The number of hydrogen-bond donors (Lipinski definition) is 1. The van der Waals surface area contributed by atoms with Crippen LogP contribution in [0.1, 0.15) is 44.6 Å². The molecule has 112 valence electrons. The monoisotopic (exact) mass is 295 g/mol. The van der Waals surface area contributed by atoms with Crippen LogP contribution >= 0.6 is 0 Å². The van der Waals surface area contributed by atoms with Crippen molar-refractivity contribution in [3.63, 3.8) is 0 Å². The fourth-order valence-electron chi connectivity index (χ4n) is 3.11. The molecule has 2 rings (SSSR count). The predicted molar refractivity (Wildman–Crippen MR) is 83.4 cm³/mol. The van der Waals surface area contributed by atoms with Crippen LogP contribution in [0.25, 0.3) is 0 Å². The third-order valence-electron chi connectivity index (χ3n) is 4.09. The maximum atomic E-state index is 12.8. The lowest BCUT2D eigenvalue weighted by molar-refractivity contribution is 0.459. The number of hydrogen-bond acceptors (Lipinski definition) is 3. The van der Waals surface area contributed by atoms with Crippen LogP contribution in [0.2, 0.25) is 0 Å². The largest absolute Gasteiger partial charge is 0.313 e. The Morgan fingerprint density at radius 3 is 2.50 bits per heavy atom. The molecule has 0 radical (unpaired) electrons. The highest BCUT2D eigenvalue weighted by molar-refractivity contribution is 7.91. The van der Waals surface area contributed by atoms with Crippen LogP contribution in [0.5, 0.6) is 0 Å². The maximum absolute atomic E-state index is 12.8. The Hall–Kier alpha value is -0.870. The van der Waals surface area contributed by atoms with Crippen molar-refractivity contribution in [2.45, 2.75) is 56.1 Å². The summed E-state index contributed by atoms with van der Waals surface area (Å²) in [5.41, 5.74) is 0.895. The standard InChI is InChI=1S/C16H25NO2S/c1-2-17-15-11-7-4-8-12-16(15)20(18,19)13-14-9-5-3-6-10-14/h3,5-6,9-10,15-17H,2,4,7-8,11-13H2,1H3. The summed E-state index contributed by atoms with van der Waals surface area (Å²) in [5, 5.41) is 3.16. The Morgan fingerprint density at radius 2 is 1.80 bits per heavy atom. The van der Waals surface area contributed by atoms with Crippen LogP contribution in [0.4, 0.5) is 0 Å². The van der Waals surface area contributed by atoms with Crippen molar-refractivity contribution in [2.75, 3.05) is 6.54 Å². The van der Waals surface area contributed by atoms with Crippen LogP contribution in [0.15, 0.2) is 30.3 Å². The summed E-state index contributed by atoms with van der Waals surface area (Å²) in [6.07, 6.45) is 5.09. The van der Waals surface area contributed by atoms with E-state index in [1.807, 2.05) is 37.3 Å². The first-order valence-corrected chi connectivity index (χ1v) is 9.34. The van der Waals surface area contributed by atoms with E-state index in [1.165, 1.54) is 0 Å². The molecule has 1 fully saturated rings. The molecule has 1 aromatic carbocycles. The van der Waals surface area contributed by atoms with Gasteiger partial charge in [-0.3, -0.25) is 0 Å². The molecule has 1 N–H and O–H groups in total. The summed E-state index contributed by atoms with van der Waals surface area (Å²) in [4.78, 5) is 0. The molecule has 2 atom stereocenters. The van der Waals surface area contributed by atoms with Crippen molar-refractivity contribution in [3.8, 4) is 0 Å². The molecule has 0 heterocycles. The second-order valence-corrected chi connectivity index (χ2v) is 7.85. The van der Waals surface area contributed by atoms with E-state index in [4.69, 9.17) is 0 Å². The molecule has 0 saturated heterocycles. The molecule has 0 spiro atoms. The second kappa shape index (κ2) is 7.23. The molecule has 0 bridgehead atoms. The van der Waals surface area contributed by atoms with E-state index in [0.29, 0.717) is 0 Å². The van der Waals surface area contributed by atoms with Gasteiger partial charge in [-0.25, -0.2) is 8.42 Å². The summed E-state index contributed by atoms with van der Waals surface area (Å²) in [6, 6.07) is 9.64. The average Bonchev–Trinajstić information content (AvgIpc) is 2.66. The Morgan fingerprint density at radius 1 is 1.10 bits per heavy atom. The van der Waals surface area contributed by atoms with Crippen molar-refractivity contribution in [1.82, 2.24) is 5.32 Å². The summed E-state index contributed by atoms with van der Waals surface area (Å²) in [5.74, 6) is 0.167. The summed E-state index contributed by atoms with van der Waals surface area (Å²) in [7, 11) is -3.09. The van der Waals surface area contributed by atoms with E-state index in [1.54, 1.807) is 0 Å². The molecule has 0 amide bonds. The molecule has 3 nitrogen and oxygen atoms in total. The number of benzene rings is 1. The van der Waals surface area contributed by atoms with Crippen molar-refractivity contribution < 1.29 is 8.42 Å². The van der Waals surface area contributed by atoms with Gasteiger partial charge in [-0.15, -0.1) is 0 Å². The van der Waals surface area contributed by atoms with Gasteiger partial charge in [0.25, 0.3) is 0 Å². The lowest BCUT2D eigenvalue weighted by atomic mass is 10.1. The molecular weight excluding hydrogens is 270 g/mol. The molecule has 2 unspecified atom stereocenters. The normalized spacial score (nSPS) is 24.2. The van der Waals surface area contributed by atoms with E-state index >= 15 is 0 Å². The van der Waals surface area contributed by atoms with Gasteiger partial charge in [-0.2, -0.15) is 0 Å². The Balaban J connectivity index is 2.16. The van der Waals surface area contributed by atoms with Gasteiger partial charge in [-0.05, 0) is 24.9 Å². The fourth-order valence-corrected chi connectivity index (χ4v) is 5.24. The second-order valence-electron chi connectivity index (χ2n) is 5.63. The van der Waals surface area contributed by atoms with E-state index in [0.717, 1.165) is 44.2 Å². The quantitative estimate of drug-likeness (QED) is 0.850. The number of rotatable bonds is 5. The van der Waals surface area contributed by atoms with Crippen LogP contribution < -0.4 is 5.32 Å². The molecule has 1 aromatic rings. The van der Waals surface area contributed by atoms with Crippen molar-refractivity contribution in [2.24, 2.45) is 0 Å². The zero-order valence-electron chi connectivity index (χ0n) is 12.2. The lowest BCUT2D eigenvalue weighted by Gasteiger charge is -2.25. The molecule has 1 aliphatic carbocycles. The third kappa shape index (κ3) is 4.06. The average molecular weight is 295 g/mol. The highest BCUT2D eigenvalue weighted by Gasteiger charge is 2.33. The molecule has 4 heteroatoms. The number of nitrogens with one attached hydrogen (secondary N) is 1. The van der Waals surface area contributed by atoms with Crippen molar-refractivity contribution >= 4 is 9.84 Å². The Kier molecular flexibility index (Phi) is 5.61. The fraction of sp³-hybridized carbons (Fsp3) is 0.625. The summed E-state index contributed by atoms with van der Waals surface area (Å²) < 4.78 is 25.5. The van der Waals surface area contributed by atoms with Gasteiger partial charge in [0.15, 0.2) is 9.84 Å². The van der Waals surface area contributed by atoms with Crippen LogP contribution in [-0.4, -0.2) is 26.3 Å². The molecule has 1 aliphatic rings. The first-order chi connectivity index (χ1) is 9.63. The minimum absolute atomic E-state index is 0.121. The highest BCUT2D eigenvalue weighted by Crippen LogP contribution is 2.26. The van der Waals surface area contributed by atoms with E-state index < -0.39 is 9.84 Å². The van der Waals surface area contributed by atoms with Gasteiger partial charge in [0.1, 0.15) is 0 Å². The topological polar surface area (TPSA) is 46.2 Å². The maximum Gasteiger partial charge on any atom is 0.158 e. The summed E-state index contributed by atoms with van der Waals surface area (Å²) >= 11 is 0. The summed E-state index contributed by atoms with van der Waals surface area (Å²) in [6.45, 7) is 2.88. The van der Waals surface area contributed by atoms with Gasteiger partial charge in [0.05, 0.1) is 11.0 Å². The van der Waals surface area contributed by atoms with Crippen molar-refractivity contribution in [3.05, 3.63) is 35.9 Å². The zero-order valence-corrected chi connectivity index (χ0v) is 13.0. The molecule has 0 aliphatic heterocycles. The predicted octanol–water partition coefficient (Wildman–Crippen LogP) is 2.91. The first-order valence-electron chi connectivity index (χ1n) is 7.62. The third-order valence-corrected chi connectivity index (χ3v) is 6.31. The molecule has 1 saturated carbocycles. The van der Waals surface area contributed by atoms with Gasteiger partial charge in [-0.1, -0.05) is 56.5 Å². The lowest BCUT2D eigenvalue weighted by Crippen LogP contribution is -2.43. The minimum Gasteiger partial charge on any atom is -0.313 e. The number of sulfone groups is 1. The highest BCUT2D eigenvalue weighted by atomic mass is 32.2. The van der Waals surface area contributed by atoms with Crippen molar-refractivity contribution in [1.29, 1.82) is 0 Å².